The summed E-state index contributed by atoms with van der Waals surface area (Å²) in [5, 5.41) is 10.6. The average Bonchev–Trinajstić information content (AvgIpc) is 2.55. The molecule has 23 heavy (non-hydrogen) atoms. The van der Waals surface area contributed by atoms with Gasteiger partial charge in [0.15, 0.2) is 0 Å². The molecule has 1 amide bonds. The van der Waals surface area contributed by atoms with Gasteiger partial charge in [-0.2, -0.15) is 0 Å². The van der Waals surface area contributed by atoms with E-state index in [0.717, 1.165) is 18.2 Å². The number of fused-ring (bicyclic) bond motifs is 1. The molecule has 2 aromatic rings. The molecule has 5 nitrogen and oxygen atoms in total. The molecular formula is C18H21NO4. The van der Waals surface area contributed by atoms with Crippen LogP contribution < -0.4 is 5.63 Å². The van der Waals surface area contributed by atoms with Gasteiger partial charge in [-0.3, -0.25) is 4.79 Å². The minimum Gasteiger partial charge on any atom is -0.422 e. The lowest BCUT2D eigenvalue weighted by atomic mass is 9.92. The van der Waals surface area contributed by atoms with Crippen LogP contribution in [-0.4, -0.2) is 35.1 Å². The summed E-state index contributed by atoms with van der Waals surface area (Å²) < 4.78 is 5.31. The number of aryl methyl sites for hydroxylation is 1. The second-order valence-corrected chi connectivity index (χ2v) is 6.28. The molecule has 1 aromatic carbocycles. The third-order valence-electron chi connectivity index (χ3n) is 4.71. The van der Waals surface area contributed by atoms with Gasteiger partial charge in [0.2, 0.25) is 0 Å². The summed E-state index contributed by atoms with van der Waals surface area (Å²) in [6.07, 6.45) is 1.27. The monoisotopic (exact) mass is 315 g/mol. The number of carbonyl (C=O) groups is 1. The normalized spacial score (nSPS) is 19.8. The SMILES string of the molecule is Cc1c(C(=O)N2CCCC(C(C)O)C2)c(=O)oc2ccccc12. The van der Waals surface area contributed by atoms with Gasteiger partial charge in [-0.25, -0.2) is 4.79 Å². The van der Waals surface area contributed by atoms with E-state index in [1.165, 1.54) is 0 Å². The number of amides is 1. The third-order valence-corrected chi connectivity index (χ3v) is 4.71. The van der Waals surface area contributed by atoms with Gasteiger partial charge in [-0.15, -0.1) is 0 Å². The molecule has 0 bridgehead atoms. The largest absolute Gasteiger partial charge is 0.422 e. The lowest BCUT2D eigenvalue weighted by Crippen LogP contribution is -2.44. The van der Waals surface area contributed by atoms with Crippen LogP contribution in [0.4, 0.5) is 0 Å². The maximum absolute atomic E-state index is 12.8. The smallest absolute Gasteiger partial charge is 0.349 e. The van der Waals surface area contributed by atoms with Gasteiger partial charge in [0, 0.05) is 24.4 Å². The van der Waals surface area contributed by atoms with Gasteiger partial charge in [-0.1, -0.05) is 18.2 Å². The number of rotatable bonds is 2. The maximum Gasteiger partial charge on any atom is 0.349 e. The minimum absolute atomic E-state index is 0.0560. The van der Waals surface area contributed by atoms with E-state index in [0.29, 0.717) is 24.2 Å². The second-order valence-electron chi connectivity index (χ2n) is 6.28. The summed E-state index contributed by atoms with van der Waals surface area (Å²) in [4.78, 5) is 26.8. The number of aliphatic hydroxyl groups is 1. The molecule has 0 saturated carbocycles. The molecule has 0 radical (unpaired) electrons. The summed E-state index contributed by atoms with van der Waals surface area (Å²) in [6.45, 7) is 4.60. The number of likely N-dealkylation sites (tertiary alicyclic amines) is 1. The molecule has 2 unspecified atom stereocenters. The van der Waals surface area contributed by atoms with E-state index in [9.17, 15) is 14.7 Å². The highest BCUT2D eigenvalue weighted by molar-refractivity contribution is 5.99. The topological polar surface area (TPSA) is 70.8 Å². The fourth-order valence-corrected chi connectivity index (χ4v) is 3.30. The van der Waals surface area contributed by atoms with E-state index in [4.69, 9.17) is 4.42 Å². The summed E-state index contributed by atoms with van der Waals surface area (Å²) >= 11 is 0. The van der Waals surface area contributed by atoms with Crippen molar-refractivity contribution >= 4 is 16.9 Å². The first kappa shape index (κ1) is 15.7. The third kappa shape index (κ3) is 2.88. The van der Waals surface area contributed by atoms with Crippen molar-refractivity contribution in [3.05, 3.63) is 45.8 Å². The summed E-state index contributed by atoms with van der Waals surface area (Å²) in [5.41, 5.74) is 0.661. The van der Waals surface area contributed by atoms with Gasteiger partial charge in [0.1, 0.15) is 11.1 Å². The van der Waals surface area contributed by atoms with Crippen LogP contribution in [0.2, 0.25) is 0 Å². The summed E-state index contributed by atoms with van der Waals surface area (Å²) in [6, 6.07) is 7.22. The summed E-state index contributed by atoms with van der Waals surface area (Å²) in [5.74, 6) is -0.243. The highest BCUT2D eigenvalue weighted by Crippen LogP contribution is 2.24. The Kier molecular flexibility index (Phi) is 4.22. The van der Waals surface area contributed by atoms with Crippen LogP contribution in [0.25, 0.3) is 11.0 Å². The van der Waals surface area contributed by atoms with E-state index in [-0.39, 0.29) is 17.4 Å². The first-order valence-corrected chi connectivity index (χ1v) is 7.99. The molecular weight excluding hydrogens is 294 g/mol. The van der Waals surface area contributed by atoms with Crippen LogP contribution in [0.15, 0.2) is 33.5 Å². The predicted molar refractivity (Wildman–Crippen MR) is 87.5 cm³/mol. The van der Waals surface area contributed by atoms with Gasteiger partial charge in [0.25, 0.3) is 5.91 Å². The van der Waals surface area contributed by atoms with Crippen molar-refractivity contribution in [2.75, 3.05) is 13.1 Å². The zero-order chi connectivity index (χ0) is 16.6. The Bertz CT molecular complexity index is 793. The Balaban J connectivity index is 1.99. The number of benzene rings is 1. The van der Waals surface area contributed by atoms with E-state index >= 15 is 0 Å². The Morgan fingerprint density at radius 1 is 1.39 bits per heavy atom. The van der Waals surface area contributed by atoms with E-state index in [2.05, 4.69) is 0 Å². The number of para-hydroxylation sites is 1. The fourth-order valence-electron chi connectivity index (χ4n) is 3.30. The van der Waals surface area contributed by atoms with Crippen LogP contribution in [-0.2, 0) is 0 Å². The molecule has 1 N–H and O–H groups in total. The molecule has 5 heteroatoms. The van der Waals surface area contributed by atoms with Crippen molar-refractivity contribution in [2.24, 2.45) is 5.92 Å². The van der Waals surface area contributed by atoms with Gasteiger partial charge in [-0.05, 0) is 38.3 Å². The molecule has 1 fully saturated rings. The Labute approximate surface area is 134 Å². The zero-order valence-corrected chi connectivity index (χ0v) is 13.4. The van der Waals surface area contributed by atoms with Crippen LogP contribution in [0.1, 0.15) is 35.7 Å². The van der Waals surface area contributed by atoms with Gasteiger partial charge in [0.05, 0.1) is 6.10 Å². The number of carbonyl (C=O) groups excluding carboxylic acids is 1. The quantitative estimate of drug-likeness (QED) is 0.864. The number of hydrogen-bond donors (Lipinski definition) is 1. The number of hydrogen-bond acceptors (Lipinski definition) is 4. The van der Waals surface area contributed by atoms with E-state index in [1.54, 1.807) is 30.9 Å². The second kappa shape index (κ2) is 6.16. The molecule has 1 aliphatic rings. The lowest BCUT2D eigenvalue weighted by molar-refractivity contribution is 0.0462. The highest BCUT2D eigenvalue weighted by Gasteiger charge is 2.30. The number of nitrogens with zero attached hydrogens (tertiary/aromatic N) is 1. The maximum atomic E-state index is 12.8. The minimum atomic E-state index is -0.592. The number of aliphatic hydroxyl groups excluding tert-OH is 1. The van der Waals surface area contributed by atoms with Crippen molar-refractivity contribution < 1.29 is 14.3 Å². The first-order valence-electron chi connectivity index (χ1n) is 7.99. The van der Waals surface area contributed by atoms with Crippen molar-refractivity contribution in [3.8, 4) is 0 Å². The molecule has 0 aliphatic carbocycles. The predicted octanol–water partition coefficient (Wildman–Crippen LogP) is 2.33. The molecule has 1 saturated heterocycles. The van der Waals surface area contributed by atoms with E-state index in [1.807, 2.05) is 12.1 Å². The molecule has 1 aliphatic heterocycles. The van der Waals surface area contributed by atoms with Gasteiger partial charge >= 0.3 is 5.63 Å². The van der Waals surface area contributed by atoms with Crippen LogP contribution in [0.3, 0.4) is 0 Å². The Hall–Kier alpha value is -2.14. The molecule has 3 rings (SSSR count). The average molecular weight is 315 g/mol. The highest BCUT2D eigenvalue weighted by atomic mass is 16.4. The zero-order valence-electron chi connectivity index (χ0n) is 13.4. The standard InChI is InChI=1S/C18H21NO4/c1-11-14-7-3-4-8-15(14)23-18(22)16(11)17(21)19-9-5-6-13(10-19)12(2)20/h3-4,7-8,12-13,20H,5-6,9-10H2,1-2H3. The Morgan fingerprint density at radius 3 is 2.87 bits per heavy atom. The van der Waals surface area contributed by atoms with Crippen molar-refractivity contribution in [3.63, 3.8) is 0 Å². The molecule has 1 aromatic heterocycles. The Morgan fingerprint density at radius 2 is 2.13 bits per heavy atom. The van der Waals surface area contributed by atoms with Crippen molar-refractivity contribution in [1.82, 2.24) is 4.90 Å². The van der Waals surface area contributed by atoms with Crippen molar-refractivity contribution in [1.29, 1.82) is 0 Å². The fraction of sp³-hybridized carbons (Fsp3) is 0.444. The van der Waals surface area contributed by atoms with Crippen LogP contribution in [0.5, 0.6) is 0 Å². The van der Waals surface area contributed by atoms with E-state index < -0.39 is 11.7 Å². The molecule has 122 valence electrons. The van der Waals surface area contributed by atoms with Crippen LogP contribution in [0, 0.1) is 12.8 Å². The molecule has 0 spiro atoms. The summed E-state index contributed by atoms with van der Waals surface area (Å²) in [7, 11) is 0. The number of piperidine rings is 1. The van der Waals surface area contributed by atoms with Gasteiger partial charge < -0.3 is 14.4 Å². The van der Waals surface area contributed by atoms with Crippen LogP contribution >= 0.6 is 0 Å². The molecule has 2 atom stereocenters. The lowest BCUT2D eigenvalue weighted by Gasteiger charge is -2.34. The van der Waals surface area contributed by atoms with Crippen molar-refractivity contribution in [2.45, 2.75) is 32.8 Å². The molecule has 2 heterocycles. The first-order chi connectivity index (χ1) is 11.0.